The molecule has 1 aliphatic heterocycles. The molecule has 0 bridgehead atoms. The van der Waals surface area contributed by atoms with Gasteiger partial charge in [0.15, 0.2) is 11.5 Å². The molecule has 1 aliphatic rings. The molecule has 2 heterocycles. The average molecular weight is 267 g/mol. The largest absolute Gasteiger partial charge is 0.476 e. The van der Waals surface area contributed by atoms with Gasteiger partial charge in [-0.25, -0.2) is 4.79 Å². The predicted molar refractivity (Wildman–Crippen MR) is 70.0 cm³/mol. The molecule has 2 rings (SSSR count). The molecule has 6 nitrogen and oxygen atoms in total. The van der Waals surface area contributed by atoms with Gasteiger partial charge in [0.1, 0.15) is 0 Å². The second kappa shape index (κ2) is 6.68. The molecule has 19 heavy (non-hydrogen) atoms. The van der Waals surface area contributed by atoms with E-state index in [1.165, 1.54) is 32.0 Å². The van der Waals surface area contributed by atoms with Crippen LogP contribution in [0.1, 0.15) is 35.5 Å². The van der Waals surface area contributed by atoms with Crippen LogP contribution in [0.3, 0.4) is 0 Å². The molecule has 0 saturated carbocycles. The van der Waals surface area contributed by atoms with Crippen molar-refractivity contribution >= 4 is 5.97 Å². The number of nitrogens with zero attached hydrogens (tertiary/aromatic N) is 2. The van der Waals surface area contributed by atoms with E-state index in [9.17, 15) is 4.79 Å². The highest BCUT2D eigenvalue weighted by atomic mass is 16.5. The number of carboxylic acid groups (broad SMARTS) is 1. The smallest absolute Gasteiger partial charge is 0.358 e. The van der Waals surface area contributed by atoms with Gasteiger partial charge in [0.25, 0.3) is 0 Å². The van der Waals surface area contributed by atoms with E-state index in [4.69, 9.17) is 9.63 Å². The number of carboxylic acids is 1. The number of hydrogen-bond donors (Lipinski definition) is 2. The summed E-state index contributed by atoms with van der Waals surface area (Å²) < 4.78 is 4.93. The molecule has 0 aliphatic carbocycles. The van der Waals surface area contributed by atoms with Gasteiger partial charge in [0.2, 0.25) is 0 Å². The quantitative estimate of drug-likeness (QED) is 0.754. The van der Waals surface area contributed by atoms with Gasteiger partial charge in [-0.1, -0.05) is 5.16 Å². The van der Waals surface area contributed by atoms with Crippen LogP contribution in [0.15, 0.2) is 10.6 Å². The zero-order valence-electron chi connectivity index (χ0n) is 11.3. The van der Waals surface area contributed by atoms with Gasteiger partial charge in [0.05, 0.1) is 6.54 Å². The lowest BCUT2D eigenvalue weighted by Gasteiger charge is -2.28. The van der Waals surface area contributed by atoms with Crippen molar-refractivity contribution in [3.63, 3.8) is 0 Å². The second-order valence-corrected chi connectivity index (χ2v) is 5.20. The van der Waals surface area contributed by atoms with Crippen LogP contribution in [0, 0.1) is 5.92 Å². The predicted octanol–water partition coefficient (Wildman–Crippen LogP) is 1.19. The number of nitrogens with one attached hydrogen (secondary N) is 1. The Kier molecular flexibility index (Phi) is 4.93. The molecule has 0 spiro atoms. The molecule has 0 radical (unpaired) electrons. The zero-order valence-corrected chi connectivity index (χ0v) is 11.3. The van der Waals surface area contributed by atoms with Crippen LogP contribution in [-0.2, 0) is 6.54 Å². The minimum Gasteiger partial charge on any atom is -0.476 e. The highest BCUT2D eigenvalue weighted by Gasteiger charge is 2.16. The van der Waals surface area contributed by atoms with Gasteiger partial charge in [0, 0.05) is 6.07 Å². The van der Waals surface area contributed by atoms with Gasteiger partial charge in [-0.05, 0) is 51.9 Å². The van der Waals surface area contributed by atoms with Crippen molar-refractivity contribution in [2.75, 3.05) is 26.7 Å². The van der Waals surface area contributed by atoms with Crippen LogP contribution in [0.25, 0.3) is 0 Å². The van der Waals surface area contributed by atoms with Crippen LogP contribution in [0.2, 0.25) is 0 Å². The maximum Gasteiger partial charge on any atom is 0.358 e. The van der Waals surface area contributed by atoms with E-state index in [2.05, 4.69) is 22.4 Å². The van der Waals surface area contributed by atoms with Crippen molar-refractivity contribution in [1.82, 2.24) is 15.4 Å². The molecule has 0 atom stereocenters. The first-order chi connectivity index (χ1) is 9.15. The monoisotopic (exact) mass is 267 g/mol. The van der Waals surface area contributed by atoms with Gasteiger partial charge >= 0.3 is 5.97 Å². The molecule has 106 valence electrons. The van der Waals surface area contributed by atoms with Crippen molar-refractivity contribution < 1.29 is 14.4 Å². The maximum absolute atomic E-state index is 10.6. The molecule has 1 fully saturated rings. The molecule has 1 aromatic heterocycles. The van der Waals surface area contributed by atoms with E-state index in [1.54, 1.807) is 0 Å². The summed E-state index contributed by atoms with van der Waals surface area (Å²) in [4.78, 5) is 13.0. The minimum atomic E-state index is -1.05. The SMILES string of the molecule is CN1CCC(CCNCc2cc(C(=O)O)no2)CC1. The third-order valence-electron chi connectivity index (χ3n) is 3.64. The third-order valence-corrected chi connectivity index (χ3v) is 3.64. The molecule has 0 aromatic carbocycles. The van der Waals surface area contributed by atoms with Gasteiger partial charge in [-0.2, -0.15) is 0 Å². The van der Waals surface area contributed by atoms with Crippen molar-refractivity contribution in [1.29, 1.82) is 0 Å². The number of carbonyl (C=O) groups is 1. The van der Waals surface area contributed by atoms with Gasteiger partial charge < -0.3 is 19.8 Å². The topological polar surface area (TPSA) is 78.6 Å². The first-order valence-corrected chi connectivity index (χ1v) is 6.73. The fourth-order valence-corrected chi connectivity index (χ4v) is 2.37. The lowest BCUT2D eigenvalue weighted by Crippen LogP contribution is -2.31. The summed E-state index contributed by atoms with van der Waals surface area (Å²) in [6, 6.07) is 1.46. The van der Waals surface area contributed by atoms with Crippen LogP contribution < -0.4 is 5.32 Å². The Morgan fingerprint density at radius 2 is 2.32 bits per heavy atom. The summed E-state index contributed by atoms with van der Waals surface area (Å²) in [6.45, 7) is 3.84. The van der Waals surface area contributed by atoms with E-state index in [0.29, 0.717) is 12.3 Å². The summed E-state index contributed by atoms with van der Waals surface area (Å²) in [5, 5.41) is 15.5. The molecule has 1 saturated heterocycles. The van der Waals surface area contributed by atoms with Crippen molar-refractivity contribution in [3.8, 4) is 0 Å². The number of hydrogen-bond acceptors (Lipinski definition) is 5. The van der Waals surface area contributed by atoms with Crippen LogP contribution in [0.4, 0.5) is 0 Å². The summed E-state index contributed by atoms with van der Waals surface area (Å²) in [7, 11) is 2.17. The highest BCUT2D eigenvalue weighted by molar-refractivity contribution is 5.85. The van der Waals surface area contributed by atoms with Crippen molar-refractivity contribution in [3.05, 3.63) is 17.5 Å². The zero-order chi connectivity index (χ0) is 13.7. The molecule has 6 heteroatoms. The van der Waals surface area contributed by atoms with Crippen molar-refractivity contribution in [2.24, 2.45) is 5.92 Å². The van der Waals surface area contributed by atoms with Crippen molar-refractivity contribution in [2.45, 2.75) is 25.8 Å². The Labute approximate surface area is 112 Å². The number of aromatic carboxylic acids is 1. The van der Waals surface area contributed by atoms with Gasteiger partial charge in [-0.15, -0.1) is 0 Å². The summed E-state index contributed by atoms with van der Waals surface area (Å²) >= 11 is 0. The Bertz CT molecular complexity index is 411. The first kappa shape index (κ1) is 14.0. The van der Waals surface area contributed by atoms with Crippen LogP contribution in [-0.4, -0.2) is 47.8 Å². The maximum atomic E-state index is 10.6. The lowest BCUT2D eigenvalue weighted by atomic mass is 9.94. The van der Waals surface area contributed by atoms with E-state index < -0.39 is 5.97 Å². The van der Waals surface area contributed by atoms with Gasteiger partial charge in [-0.3, -0.25) is 0 Å². The molecule has 0 unspecified atom stereocenters. The van der Waals surface area contributed by atoms with E-state index in [-0.39, 0.29) is 5.69 Å². The minimum absolute atomic E-state index is 0.0351. The fraction of sp³-hybridized carbons (Fsp3) is 0.692. The van der Waals surface area contributed by atoms with E-state index >= 15 is 0 Å². The highest BCUT2D eigenvalue weighted by Crippen LogP contribution is 2.18. The fourth-order valence-electron chi connectivity index (χ4n) is 2.37. The molecular weight excluding hydrogens is 246 g/mol. The first-order valence-electron chi connectivity index (χ1n) is 6.73. The summed E-state index contributed by atoms with van der Waals surface area (Å²) in [6.07, 6.45) is 3.70. The summed E-state index contributed by atoms with van der Waals surface area (Å²) in [5.74, 6) is 0.315. The van der Waals surface area contributed by atoms with Crippen LogP contribution in [0.5, 0.6) is 0 Å². The average Bonchev–Trinajstić information content (AvgIpc) is 2.86. The molecular formula is C13H21N3O3. The summed E-state index contributed by atoms with van der Waals surface area (Å²) in [5.41, 5.74) is -0.0351. The van der Waals surface area contributed by atoms with E-state index in [0.717, 1.165) is 18.9 Å². The number of aromatic nitrogens is 1. The standard InChI is InChI=1S/C13H21N3O3/c1-16-6-3-10(4-7-16)2-5-14-9-11-8-12(13(17)18)15-19-11/h8,10,14H,2-7,9H2,1H3,(H,17,18). The normalized spacial score (nSPS) is 17.7. The second-order valence-electron chi connectivity index (χ2n) is 5.20. The lowest BCUT2D eigenvalue weighted by molar-refractivity contribution is 0.0685. The number of likely N-dealkylation sites (tertiary alicyclic amines) is 1. The Balaban J connectivity index is 1.62. The van der Waals surface area contributed by atoms with E-state index in [1.807, 2.05) is 0 Å². The number of piperidine rings is 1. The molecule has 0 amide bonds. The Morgan fingerprint density at radius 1 is 1.58 bits per heavy atom. The molecule has 1 aromatic rings. The Hall–Kier alpha value is -1.40. The number of rotatable bonds is 6. The third kappa shape index (κ3) is 4.33. The Morgan fingerprint density at radius 3 is 2.95 bits per heavy atom. The molecule has 2 N–H and O–H groups in total. The van der Waals surface area contributed by atoms with Crippen LogP contribution >= 0.6 is 0 Å².